The SMILES string of the molecule is Cn1ccc2cc(NC(=O)Nc3cccc(CN=C(N)c4ccc5c(ccn5C)c4)c3)ccc21. The quantitative estimate of drug-likeness (QED) is 0.253. The van der Waals surface area contributed by atoms with Gasteiger partial charge in [0.1, 0.15) is 5.84 Å². The molecule has 0 unspecified atom stereocenters. The van der Waals surface area contributed by atoms with Crippen molar-refractivity contribution in [2.24, 2.45) is 24.8 Å². The van der Waals surface area contributed by atoms with Gasteiger partial charge in [0, 0.05) is 65.2 Å². The molecule has 7 nitrogen and oxygen atoms in total. The summed E-state index contributed by atoms with van der Waals surface area (Å²) >= 11 is 0. The molecular formula is C27H26N6O. The van der Waals surface area contributed by atoms with Crippen molar-refractivity contribution >= 4 is 45.0 Å². The van der Waals surface area contributed by atoms with Gasteiger partial charge in [0.2, 0.25) is 0 Å². The van der Waals surface area contributed by atoms with Crippen LogP contribution in [0.4, 0.5) is 16.2 Å². The molecule has 5 aromatic rings. The van der Waals surface area contributed by atoms with Gasteiger partial charge in [-0.1, -0.05) is 12.1 Å². The van der Waals surface area contributed by atoms with Gasteiger partial charge in [-0.25, -0.2) is 4.79 Å². The number of fused-ring (bicyclic) bond motifs is 2. The Balaban J connectivity index is 1.24. The third kappa shape index (κ3) is 4.36. The van der Waals surface area contributed by atoms with Crippen LogP contribution in [-0.2, 0) is 20.6 Å². The fraction of sp³-hybridized carbons (Fsp3) is 0.111. The van der Waals surface area contributed by atoms with E-state index in [4.69, 9.17) is 5.73 Å². The molecule has 7 heteroatoms. The highest BCUT2D eigenvalue weighted by molar-refractivity contribution is 6.01. The van der Waals surface area contributed by atoms with Gasteiger partial charge in [-0.15, -0.1) is 0 Å². The Labute approximate surface area is 197 Å². The zero-order chi connectivity index (χ0) is 23.7. The Kier molecular flexibility index (Phi) is 5.51. The van der Waals surface area contributed by atoms with Crippen LogP contribution < -0.4 is 16.4 Å². The number of aryl methyl sites for hydroxylation is 2. The van der Waals surface area contributed by atoms with E-state index in [1.807, 2.05) is 97.8 Å². The van der Waals surface area contributed by atoms with Crippen LogP contribution in [0.15, 0.2) is 90.2 Å². The molecule has 5 rings (SSSR count). The van der Waals surface area contributed by atoms with Crippen LogP contribution in [0.1, 0.15) is 11.1 Å². The minimum atomic E-state index is -0.299. The van der Waals surface area contributed by atoms with E-state index in [0.29, 0.717) is 18.1 Å². The largest absolute Gasteiger partial charge is 0.383 e. The standard InChI is InChI=1S/C27H26N6O/c1-32-12-10-19-15-21(6-8-24(19)32)26(28)29-17-18-4-3-5-22(14-18)30-27(34)31-23-7-9-25-20(16-23)11-13-33(25)2/h3-16H,17H2,1-2H3,(H2,28,29)(H2,30,31,34). The molecule has 0 aliphatic carbocycles. The van der Waals surface area contributed by atoms with Crippen LogP contribution in [0.25, 0.3) is 21.8 Å². The third-order valence-corrected chi connectivity index (χ3v) is 5.94. The Morgan fingerprint density at radius 3 is 2.21 bits per heavy atom. The summed E-state index contributed by atoms with van der Waals surface area (Å²) in [6, 6.07) is 23.3. The maximum Gasteiger partial charge on any atom is 0.323 e. The van der Waals surface area contributed by atoms with Crippen molar-refractivity contribution in [2.75, 3.05) is 10.6 Å². The molecule has 0 atom stereocenters. The van der Waals surface area contributed by atoms with Crippen LogP contribution in [0.2, 0.25) is 0 Å². The van der Waals surface area contributed by atoms with Crippen LogP contribution in [-0.4, -0.2) is 21.0 Å². The first-order valence-corrected chi connectivity index (χ1v) is 11.0. The number of aromatic nitrogens is 2. The molecule has 0 saturated heterocycles. The smallest absolute Gasteiger partial charge is 0.323 e. The third-order valence-electron chi connectivity index (χ3n) is 5.94. The van der Waals surface area contributed by atoms with Crippen molar-refractivity contribution in [3.05, 3.63) is 96.3 Å². The van der Waals surface area contributed by atoms with Gasteiger partial charge >= 0.3 is 6.03 Å². The van der Waals surface area contributed by atoms with Crippen molar-refractivity contribution in [1.82, 2.24) is 9.13 Å². The number of nitrogens with zero attached hydrogens (tertiary/aromatic N) is 3. The number of amidine groups is 1. The lowest BCUT2D eigenvalue weighted by Gasteiger charge is -2.09. The second-order valence-corrected chi connectivity index (χ2v) is 8.38. The first-order valence-electron chi connectivity index (χ1n) is 11.0. The molecule has 0 bridgehead atoms. The number of carbonyl (C=O) groups excluding carboxylic acids is 1. The average Bonchev–Trinajstić information content (AvgIpc) is 3.39. The van der Waals surface area contributed by atoms with Crippen LogP contribution >= 0.6 is 0 Å². The van der Waals surface area contributed by atoms with E-state index in [1.165, 1.54) is 0 Å². The second-order valence-electron chi connectivity index (χ2n) is 8.38. The van der Waals surface area contributed by atoms with Gasteiger partial charge in [0.25, 0.3) is 0 Å². The summed E-state index contributed by atoms with van der Waals surface area (Å²) < 4.78 is 4.11. The molecule has 0 fully saturated rings. The molecule has 170 valence electrons. The molecule has 2 heterocycles. The fourth-order valence-electron chi connectivity index (χ4n) is 4.11. The summed E-state index contributed by atoms with van der Waals surface area (Å²) in [7, 11) is 4.01. The average molecular weight is 451 g/mol. The Bertz CT molecular complexity index is 1540. The zero-order valence-corrected chi connectivity index (χ0v) is 19.1. The lowest BCUT2D eigenvalue weighted by molar-refractivity contribution is 0.262. The van der Waals surface area contributed by atoms with E-state index in [9.17, 15) is 4.79 Å². The van der Waals surface area contributed by atoms with Crippen LogP contribution in [0.3, 0.4) is 0 Å². The summed E-state index contributed by atoms with van der Waals surface area (Å²) in [4.78, 5) is 17.1. The number of rotatable bonds is 5. The Morgan fingerprint density at radius 1 is 0.824 bits per heavy atom. The summed E-state index contributed by atoms with van der Waals surface area (Å²) in [5, 5.41) is 7.98. The van der Waals surface area contributed by atoms with Crippen LogP contribution in [0, 0.1) is 0 Å². The monoisotopic (exact) mass is 450 g/mol. The number of hydrogen-bond donors (Lipinski definition) is 3. The molecule has 2 amide bonds. The molecule has 0 radical (unpaired) electrons. The highest BCUT2D eigenvalue weighted by Gasteiger charge is 2.07. The van der Waals surface area contributed by atoms with Crippen molar-refractivity contribution < 1.29 is 4.79 Å². The lowest BCUT2D eigenvalue weighted by atomic mass is 10.1. The van der Waals surface area contributed by atoms with Gasteiger partial charge in [0.15, 0.2) is 0 Å². The fourth-order valence-corrected chi connectivity index (χ4v) is 4.11. The van der Waals surface area contributed by atoms with Crippen molar-refractivity contribution in [2.45, 2.75) is 6.54 Å². The molecule has 0 aliphatic rings. The first kappa shape index (κ1) is 21.3. The molecular weight excluding hydrogens is 424 g/mol. The van der Waals surface area contributed by atoms with E-state index in [-0.39, 0.29) is 6.03 Å². The molecule has 2 aromatic heterocycles. The van der Waals surface area contributed by atoms with E-state index < -0.39 is 0 Å². The summed E-state index contributed by atoms with van der Waals surface area (Å²) in [6.07, 6.45) is 4.02. The highest BCUT2D eigenvalue weighted by Crippen LogP contribution is 2.20. The Morgan fingerprint density at radius 2 is 1.47 bits per heavy atom. The number of anilines is 2. The molecule has 3 aromatic carbocycles. The van der Waals surface area contributed by atoms with E-state index in [1.54, 1.807) is 0 Å². The maximum atomic E-state index is 12.5. The number of aliphatic imine (C=N–C) groups is 1. The first-order chi connectivity index (χ1) is 16.5. The number of amides is 2. The number of hydrogen-bond acceptors (Lipinski definition) is 2. The number of nitrogens with two attached hydrogens (primary N) is 1. The number of urea groups is 1. The van der Waals surface area contributed by atoms with Gasteiger partial charge in [-0.3, -0.25) is 4.99 Å². The van der Waals surface area contributed by atoms with Gasteiger partial charge in [0.05, 0.1) is 6.54 Å². The van der Waals surface area contributed by atoms with E-state index >= 15 is 0 Å². The maximum absolute atomic E-state index is 12.5. The second kappa shape index (κ2) is 8.78. The van der Waals surface area contributed by atoms with Crippen LogP contribution in [0.5, 0.6) is 0 Å². The lowest BCUT2D eigenvalue weighted by Crippen LogP contribution is -2.19. The molecule has 0 aliphatic heterocycles. The van der Waals surface area contributed by atoms with Gasteiger partial charge in [-0.2, -0.15) is 0 Å². The number of benzene rings is 3. The predicted octanol–water partition coefficient (Wildman–Crippen LogP) is 5.22. The van der Waals surface area contributed by atoms with E-state index in [0.717, 1.165) is 38.6 Å². The van der Waals surface area contributed by atoms with Crippen molar-refractivity contribution in [3.8, 4) is 0 Å². The van der Waals surface area contributed by atoms with E-state index in [2.05, 4.69) is 26.3 Å². The predicted molar refractivity (Wildman–Crippen MR) is 139 cm³/mol. The zero-order valence-electron chi connectivity index (χ0n) is 19.1. The number of nitrogens with one attached hydrogen (secondary N) is 2. The molecule has 0 saturated carbocycles. The summed E-state index contributed by atoms with van der Waals surface area (Å²) in [5.41, 5.74) is 11.8. The summed E-state index contributed by atoms with van der Waals surface area (Å²) in [6.45, 7) is 0.417. The topological polar surface area (TPSA) is 89.4 Å². The van der Waals surface area contributed by atoms with Gasteiger partial charge < -0.3 is 25.5 Å². The molecule has 34 heavy (non-hydrogen) atoms. The molecule has 4 N–H and O–H groups in total. The van der Waals surface area contributed by atoms with Crippen molar-refractivity contribution in [1.29, 1.82) is 0 Å². The van der Waals surface area contributed by atoms with Crippen molar-refractivity contribution in [3.63, 3.8) is 0 Å². The Hall–Kier alpha value is -4.52. The minimum absolute atomic E-state index is 0.299. The highest BCUT2D eigenvalue weighted by atomic mass is 16.2. The minimum Gasteiger partial charge on any atom is -0.383 e. The molecule has 0 spiro atoms. The van der Waals surface area contributed by atoms with Gasteiger partial charge in [-0.05, 0) is 66.2 Å². The number of carbonyl (C=O) groups is 1. The normalized spacial score (nSPS) is 11.8. The summed E-state index contributed by atoms with van der Waals surface area (Å²) in [5.74, 6) is 0.484.